The van der Waals surface area contributed by atoms with Crippen molar-refractivity contribution in [3.8, 4) is 0 Å². The lowest BCUT2D eigenvalue weighted by atomic mass is 9.72. The van der Waals surface area contributed by atoms with Crippen molar-refractivity contribution in [1.29, 1.82) is 0 Å². The lowest BCUT2D eigenvalue weighted by molar-refractivity contribution is -0.138. The first-order chi connectivity index (χ1) is 13.0. The lowest BCUT2D eigenvalue weighted by Crippen LogP contribution is -2.52. The number of carbonyl (C=O) groups excluding carboxylic acids is 1. The van der Waals surface area contributed by atoms with Gasteiger partial charge in [-0.2, -0.15) is 0 Å². The Kier molecular flexibility index (Phi) is 5.00. The van der Waals surface area contributed by atoms with Crippen LogP contribution in [0.5, 0.6) is 0 Å². The zero-order chi connectivity index (χ0) is 18.9. The van der Waals surface area contributed by atoms with E-state index in [1.807, 2.05) is 30.5 Å². The standard InChI is InChI=1S/C21H29N5O/c1-24(2)13-14-26-16-21(8-7-20(26)27)9-11-25(12-10-21)19-15-22-17-5-3-4-6-18(17)23-19/h3-6,15H,7-14,16H2,1-2H3. The first-order valence-electron chi connectivity index (χ1n) is 9.94. The maximum atomic E-state index is 12.3. The number of fused-ring (bicyclic) bond motifs is 1. The van der Waals surface area contributed by atoms with Crippen molar-refractivity contribution in [1.82, 2.24) is 19.8 Å². The van der Waals surface area contributed by atoms with Gasteiger partial charge < -0.3 is 14.7 Å². The molecule has 1 spiro atoms. The molecule has 2 aromatic rings. The smallest absolute Gasteiger partial charge is 0.222 e. The Morgan fingerprint density at radius 2 is 1.85 bits per heavy atom. The van der Waals surface area contributed by atoms with E-state index in [2.05, 4.69) is 33.8 Å². The number of piperidine rings is 2. The lowest BCUT2D eigenvalue weighted by Gasteiger charge is -2.47. The molecule has 27 heavy (non-hydrogen) atoms. The summed E-state index contributed by atoms with van der Waals surface area (Å²) < 4.78 is 0. The second-order valence-corrected chi connectivity index (χ2v) is 8.32. The quantitative estimate of drug-likeness (QED) is 0.831. The molecule has 0 N–H and O–H groups in total. The highest BCUT2D eigenvalue weighted by molar-refractivity contribution is 5.77. The monoisotopic (exact) mass is 367 g/mol. The molecule has 0 unspecified atom stereocenters. The summed E-state index contributed by atoms with van der Waals surface area (Å²) in [5.74, 6) is 1.30. The highest BCUT2D eigenvalue weighted by atomic mass is 16.2. The Hall–Kier alpha value is -2.21. The molecule has 2 saturated heterocycles. The number of likely N-dealkylation sites (N-methyl/N-ethyl adjacent to an activating group) is 1. The fourth-order valence-corrected chi connectivity index (χ4v) is 4.34. The van der Waals surface area contributed by atoms with Crippen LogP contribution in [0.2, 0.25) is 0 Å². The number of benzene rings is 1. The first kappa shape index (κ1) is 18.2. The molecule has 0 saturated carbocycles. The number of hydrogen-bond donors (Lipinski definition) is 0. The summed E-state index contributed by atoms with van der Waals surface area (Å²) in [5.41, 5.74) is 2.17. The number of hydrogen-bond acceptors (Lipinski definition) is 5. The van der Waals surface area contributed by atoms with E-state index in [1.54, 1.807) is 0 Å². The summed E-state index contributed by atoms with van der Waals surface area (Å²) in [6.45, 7) is 4.66. The van der Waals surface area contributed by atoms with Gasteiger partial charge in [0.05, 0.1) is 17.2 Å². The predicted molar refractivity (Wildman–Crippen MR) is 108 cm³/mol. The molecule has 2 aliphatic heterocycles. The highest BCUT2D eigenvalue weighted by Crippen LogP contribution is 2.40. The predicted octanol–water partition coefficient (Wildman–Crippen LogP) is 2.40. The van der Waals surface area contributed by atoms with Gasteiger partial charge in [-0.05, 0) is 50.9 Å². The third-order valence-corrected chi connectivity index (χ3v) is 6.15. The van der Waals surface area contributed by atoms with Crippen LogP contribution >= 0.6 is 0 Å². The maximum Gasteiger partial charge on any atom is 0.222 e. The van der Waals surface area contributed by atoms with Gasteiger partial charge in [0.15, 0.2) is 0 Å². The molecular weight excluding hydrogens is 338 g/mol. The van der Waals surface area contributed by atoms with Crippen molar-refractivity contribution in [2.24, 2.45) is 5.41 Å². The van der Waals surface area contributed by atoms with Gasteiger partial charge in [0.1, 0.15) is 5.82 Å². The van der Waals surface area contributed by atoms with Crippen LogP contribution in [0.3, 0.4) is 0 Å². The van der Waals surface area contributed by atoms with E-state index < -0.39 is 0 Å². The molecule has 6 heteroatoms. The SMILES string of the molecule is CN(C)CCN1CC2(CCC1=O)CCN(c1cnc3ccccc3n1)CC2. The van der Waals surface area contributed by atoms with Gasteiger partial charge in [-0.25, -0.2) is 4.98 Å². The molecule has 2 aliphatic rings. The third kappa shape index (κ3) is 3.90. The molecule has 4 rings (SSSR count). The molecule has 0 radical (unpaired) electrons. The van der Waals surface area contributed by atoms with Crippen LogP contribution in [0.4, 0.5) is 5.82 Å². The zero-order valence-corrected chi connectivity index (χ0v) is 16.4. The number of carbonyl (C=O) groups is 1. The van der Waals surface area contributed by atoms with E-state index in [9.17, 15) is 4.79 Å². The van der Waals surface area contributed by atoms with Gasteiger partial charge in [-0.1, -0.05) is 12.1 Å². The fourth-order valence-electron chi connectivity index (χ4n) is 4.34. The Labute approximate surface area is 161 Å². The van der Waals surface area contributed by atoms with Crippen molar-refractivity contribution >= 4 is 22.8 Å². The molecule has 1 aromatic carbocycles. The summed E-state index contributed by atoms with van der Waals surface area (Å²) >= 11 is 0. The van der Waals surface area contributed by atoms with Crippen LogP contribution in [0.1, 0.15) is 25.7 Å². The minimum absolute atomic E-state index is 0.279. The van der Waals surface area contributed by atoms with Crippen LogP contribution in [0.15, 0.2) is 30.5 Å². The third-order valence-electron chi connectivity index (χ3n) is 6.15. The Morgan fingerprint density at radius 3 is 2.59 bits per heavy atom. The number of nitrogens with zero attached hydrogens (tertiary/aromatic N) is 5. The maximum absolute atomic E-state index is 12.3. The molecule has 6 nitrogen and oxygen atoms in total. The van der Waals surface area contributed by atoms with Crippen LogP contribution in [0.25, 0.3) is 11.0 Å². The highest BCUT2D eigenvalue weighted by Gasteiger charge is 2.41. The second-order valence-electron chi connectivity index (χ2n) is 8.32. The molecule has 0 atom stereocenters. The Bertz CT molecular complexity index is 813. The normalized spacial score (nSPS) is 20.0. The Morgan fingerprint density at radius 1 is 1.11 bits per heavy atom. The number of anilines is 1. The molecule has 0 aliphatic carbocycles. The number of amides is 1. The van der Waals surface area contributed by atoms with Crippen LogP contribution in [0, 0.1) is 5.41 Å². The van der Waals surface area contributed by atoms with E-state index in [0.717, 1.165) is 68.8 Å². The summed E-state index contributed by atoms with van der Waals surface area (Å²) in [7, 11) is 4.13. The fraction of sp³-hybridized carbons (Fsp3) is 0.571. The number of rotatable bonds is 4. The van der Waals surface area contributed by atoms with Crippen molar-refractivity contribution in [3.05, 3.63) is 30.5 Å². The summed E-state index contributed by atoms with van der Waals surface area (Å²) in [4.78, 5) is 28.3. The van der Waals surface area contributed by atoms with E-state index in [0.29, 0.717) is 12.3 Å². The Balaban J connectivity index is 1.42. The number of para-hydroxylation sites is 2. The van der Waals surface area contributed by atoms with Crippen LogP contribution in [-0.2, 0) is 4.79 Å². The van der Waals surface area contributed by atoms with E-state index in [4.69, 9.17) is 4.98 Å². The van der Waals surface area contributed by atoms with Gasteiger partial charge >= 0.3 is 0 Å². The van der Waals surface area contributed by atoms with Gasteiger partial charge in [0, 0.05) is 39.1 Å². The average Bonchev–Trinajstić information content (AvgIpc) is 2.69. The van der Waals surface area contributed by atoms with E-state index >= 15 is 0 Å². The average molecular weight is 367 g/mol. The largest absolute Gasteiger partial charge is 0.355 e. The molecule has 1 amide bonds. The van der Waals surface area contributed by atoms with E-state index in [-0.39, 0.29) is 5.41 Å². The van der Waals surface area contributed by atoms with Crippen molar-refractivity contribution in [2.75, 3.05) is 51.7 Å². The van der Waals surface area contributed by atoms with Gasteiger partial charge in [-0.3, -0.25) is 9.78 Å². The molecule has 0 bridgehead atoms. The van der Waals surface area contributed by atoms with Crippen molar-refractivity contribution in [3.63, 3.8) is 0 Å². The second kappa shape index (κ2) is 7.43. The minimum Gasteiger partial charge on any atom is -0.355 e. The molecule has 144 valence electrons. The topological polar surface area (TPSA) is 52.6 Å². The molecule has 1 aromatic heterocycles. The number of aromatic nitrogens is 2. The van der Waals surface area contributed by atoms with Crippen molar-refractivity contribution < 1.29 is 4.79 Å². The van der Waals surface area contributed by atoms with Crippen LogP contribution in [-0.4, -0.2) is 72.5 Å². The summed E-state index contributed by atoms with van der Waals surface area (Å²) in [6, 6.07) is 8.02. The summed E-state index contributed by atoms with van der Waals surface area (Å²) in [6.07, 6.45) is 5.86. The van der Waals surface area contributed by atoms with Crippen molar-refractivity contribution in [2.45, 2.75) is 25.7 Å². The first-order valence-corrected chi connectivity index (χ1v) is 9.94. The minimum atomic E-state index is 0.279. The van der Waals surface area contributed by atoms with Crippen LogP contribution < -0.4 is 4.90 Å². The zero-order valence-electron chi connectivity index (χ0n) is 16.4. The molecule has 3 heterocycles. The molecular formula is C21H29N5O. The number of likely N-dealkylation sites (tertiary alicyclic amines) is 1. The van der Waals surface area contributed by atoms with Gasteiger partial charge in [0.25, 0.3) is 0 Å². The van der Waals surface area contributed by atoms with E-state index in [1.165, 1.54) is 0 Å². The van der Waals surface area contributed by atoms with Gasteiger partial charge in [0.2, 0.25) is 5.91 Å². The van der Waals surface area contributed by atoms with Gasteiger partial charge in [-0.15, -0.1) is 0 Å². The summed E-state index contributed by atoms with van der Waals surface area (Å²) in [5, 5.41) is 0. The molecule has 2 fully saturated rings.